The molecule has 0 aliphatic rings. The number of halogens is 2. The van der Waals surface area contributed by atoms with Gasteiger partial charge in [-0.25, -0.2) is 21.6 Å². The van der Waals surface area contributed by atoms with Crippen LogP contribution < -0.4 is 9.44 Å². The molecule has 3 rings (SSSR count). The molecule has 0 spiro atoms. The lowest BCUT2D eigenvalue weighted by molar-refractivity contribution is 0.0696. The highest BCUT2D eigenvalue weighted by Gasteiger charge is 2.23. The van der Waals surface area contributed by atoms with Crippen LogP contribution in [-0.4, -0.2) is 27.9 Å². The summed E-state index contributed by atoms with van der Waals surface area (Å²) in [4.78, 5) is 11.0. The van der Waals surface area contributed by atoms with Crippen molar-refractivity contribution in [1.82, 2.24) is 0 Å². The van der Waals surface area contributed by atoms with E-state index >= 15 is 0 Å². The standard InChI is InChI=1S/C18H14Cl2N2O6S3/c1-10-4-5-11(7-12(10)18(23)24)30(25,26)21-15-8-13(19)14(20)9-16(15)22-31(27,28)17-3-2-6-29-17/h2-9,21-22H,1H3,(H,23,24). The van der Waals surface area contributed by atoms with E-state index < -0.39 is 26.0 Å². The first kappa shape index (κ1) is 23.4. The van der Waals surface area contributed by atoms with E-state index in [0.29, 0.717) is 5.56 Å². The van der Waals surface area contributed by atoms with Gasteiger partial charge >= 0.3 is 5.97 Å². The number of aryl methyl sites for hydroxylation is 1. The van der Waals surface area contributed by atoms with Crippen LogP contribution in [0, 0.1) is 6.92 Å². The molecule has 0 bridgehead atoms. The van der Waals surface area contributed by atoms with E-state index in [0.717, 1.165) is 23.5 Å². The van der Waals surface area contributed by atoms with Gasteiger partial charge in [0.15, 0.2) is 0 Å². The Hall–Kier alpha value is -2.31. The number of carboxylic acids is 1. The molecule has 1 aromatic heterocycles. The smallest absolute Gasteiger partial charge is 0.335 e. The Morgan fingerprint density at radius 2 is 1.52 bits per heavy atom. The number of benzene rings is 2. The maximum atomic E-state index is 12.9. The molecule has 0 saturated carbocycles. The van der Waals surface area contributed by atoms with E-state index in [1.54, 1.807) is 11.4 Å². The van der Waals surface area contributed by atoms with Gasteiger partial charge in [-0.05, 0) is 48.2 Å². The molecule has 8 nitrogen and oxygen atoms in total. The number of aromatic carboxylic acids is 1. The molecule has 0 saturated heterocycles. The molecule has 3 N–H and O–H groups in total. The van der Waals surface area contributed by atoms with Gasteiger partial charge in [-0.3, -0.25) is 9.44 Å². The molecule has 2 aromatic carbocycles. The molecule has 0 atom stereocenters. The number of thiophene rings is 1. The molecule has 0 radical (unpaired) electrons. The number of carbonyl (C=O) groups is 1. The summed E-state index contributed by atoms with van der Waals surface area (Å²) in [6.07, 6.45) is 0. The van der Waals surface area contributed by atoms with Crippen LogP contribution in [0.5, 0.6) is 0 Å². The minimum Gasteiger partial charge on any atom is -0.478 e. The summed E-state index contributed by atoms with van der Waals surface area (Å²) in [5, 5.41) is 10.8. The highest BCUT2D eigenvalue weighted by atomic mass is 35.5. The zero-order valence-electron chi connectivity index (χ0n) is 15.6. The van der Waals surface area contributed by atoms with Gasteiger partial charge in [0.2, 0.25) is 0 Å². The average molecular weight is 521 g/mol. The fourth-order valence-corrected chi connectivity index (χ4v) is 6.02. The molecular formula is C18H14Cl2N2O6S3. The number of nitrogens with one attached hydrogen (secondary N) is 2. The number of rotatable bonds is 7. The lowest BCUT2D eigenvalue weighted by Crippen LogP contribution is -2.18. The monoisotopic (exact) mass is 520 g/mol. The summed E-state index contributed by atoms with van der Waals surface area (Å²) in [6.45, 7) is 1.53. The molecule has 1 heterocycles. The van der Waals surface area contributed by atoms with Crippen molar-refractivity contribution in [2.45, 2.75) is 16.0 Å². The Kier molecular flexibility index (Phi) is 6.53. The van der Waals surface area contributed by atoms with Crippen molar-refractivity contribution in [2.75, 3.05) is 9.44 Å². The second kappa shape index (κ2) is 8.67. The van der Waals surface area contributed by atoms with Crippen LogP contribution in [0.3, 0.4) is 0 Å². The maximum absolute atomic E-state index is 12.9. The number of sulfonamides is 2. The first-order valence-electron chi connectivity index (χ1n) is 8.33. The van der Waals surface area contributed by atoms with Crippen LogP contribution in [0.25, 0.3) is 0 Å². The Morgan fingerprint density at radius 1 is 0.935 bits per heavy atom. The zero-order chi connectivity index (χ0) is 23.0. The Labute approximate surface area is 192 Å². The molecule has 3 aromatic rings. The number of carboxylic acid groups (broad SMARTS) is 1. The minimum atomic E-state index is -4.29. The van der Waals surface area contributed by atoms with Crippen molar-refractivity contribution in [2.24, 2.45) is 0 Å². The van der Waals surface area contributed by atoms with Crippen molar-refractivity contribution in [3.05, 3.63) is 69.0 Å². The van der Waals surface area contributed by atoms with Gasteiger partial charge in [-0.2, -0.15) is 0 Å². The number of hydrogen-bond acceptors (Lipinski definition) is 6. The summed E-state index contributed by atoms with van der Waals surface area (Å²) in [6, 6.07) is 8.85. The van der Waals surface area contributed by atoms with E-state index in [1.165, 1.54) is 31.2 Å². The van der Waals surface area contributed by atoms with Gasteiger partial charge in [-0.15, -0.1) is 11.3 Å². The number of anilines is 2. The molecule has 164 valence electrons. The predicted octanol–water partition coefficient (Wildman–Crippen LogP) is 4.66. The van der Waals surface area contributed by atoms with Crippen LogP contribution in [-0.2, 0) is 20.0 Å². The molecular weight excluding hydrogens is 507 g/mol. The van der Waals surface area contributed by atoms with Crippen molar-refractivity contribution < 1.29 is 26.7 Å². The summed E-state index contributed by atoms with van der Waals surface area (Å²) < 4.78 is 55.5. The van der Waals surface area contributed by atoms with Crippen LogP contribution in [0.15, 0.2) is 56.9 Å². The normalized spacial score (nSPS) is 11.8. The molecule has 0 aliphatic carbocycles. The molecule has 0 aliphatic heterocycles. The topological polar surface area (TPSA) is 130 Å². The third-order valence-corrected chi connectivity index (χ3v) is 8.91. The maximum Gasteiger partial charge on any atom is 0.335 e. The summed E-state index contributed by atoms with van der Waals surface area (Å²) in [7, 11) is -8.31. The van der Waals surface area contributed by atoms with Crippen molar-refractivity contribution in [3.63, 3.8) is 0 Å². The average Bonchev–Trinajstić information content (AvgIpc) is 3.21. The fraction of sp³-hybridized carbons (Fsp3) is 0.0556. The van der Waals surface area contributed by atoms with E-state index in [9.17, 15) is 26.7 Å². The van der Waals surface area contributed by atoms with Gasteiger partial charge in [0, 0.05) is 0 Å². The van der Waals surface area contributed by atoms with Crippen LogP contribution in [0.4, 0.5) is 11.4 Å². The van der Waals surface area contributed by atoms with E-state index in [1.807, 2.05) is 0 Å². The van der Waals surface area contributed by atoms with Gasteiger partial charge in [0.25, 0.3) is 20.0 Å². The molecule has 0 unspecified atom stereocenters. The quantitative estimate of drug-likeness (QED) is 0.415. The lowest BCUT2D eigenvalue weighted by Gasteiger charge is -2.16. The minimum absolute atomic E-state index is 0.00278. The second-order valence-corrected chi connectivity index (χ2v) is 11.6. The zero-order valence-corrected chi connectivity index (χ0v) is 19.5. The molecule has 0 fully saturated rings. The van der Waals surface area contributed by atoms with Gasteiger partial charge in [-0.1, -0.05) is 35.3 Å². The summed E-state index contributed by atoms with van der Waals surface area (Å²) in [5.74, 6) is -1.28. The predicted molar refractivity (Wildman–Crippen MR) is 121 cm³/mol. The Balaban J connectivity index is 2.04. The SMILES string of the molecule is Cc1ccc(S(=O)(=O)Nc2cc(Cl)c(Cl)cc2NS(=O)(=O)c2cccs2)cc1C(=O)O. The lowest BCUT2D eigenvalue weighted by atomic mass is 10.1. The van der Waals surface area contributed by atoms with E-state index in [-0.39, 0.29) is 36.1 Å². The van der Waals surface area contributed by atoms with Crippen LogP contribution in [0.1, 0.15) is 15.9 Å². The second-order valence-electron chi connectivity index (χ2n) is 6.24. The summed E-state index contributed by atoms with van der Waals surface area (Å²) >= 11 is 13.0. The summed E-state index contributed by atoms with van der Waals surface area (Å²) in [5.41, 5.74) is -0.148. The third-order valence-electron chi connectivity index (χ3n) is 4.06. The van der Waals surface area contributed by atoms with Crippen LogP contribution >= 0.6 is 34.5 Å². The largest absolute Gasteiger partial charge is 0.478 e. The first-order chi connectivity index (χ1) is 14.4. The fourth-order valence-electron chi connectivity index (χ4n) is 2.53. The van der Waals surface area contributed by atoms with Crippen molar-refractivity contribution in [1.29, 1.82) is 0 Å². The van der Waals surface area contributed by atoms with E-state index in [4.69, 9.17) is 23.2 Å². The van der Waals surface area contributed by atoms with Gasteiger partial charge in [0.05, 0.1) is 31.9 Å². The Bertz CT molecular complexity index is 1370. The van der Waals surface area contributed by atoms with Crippen LogP contribution in [0.2, 0.25) is 10.0 Å². The molecule has 0 amide bonds. The van der Waals surface area contributed by atoms with E-state index in [2.05, 4.69) is 9.44 Å². The highest BCUT2D eigenvalue weighted by Crippen LogP contribution is 2.35. The third kappa shape index (κ3) is 5.13. The van der Waals surface area contributed by atoms with Gasteiger partial charge < -0.3 is 5.11 Å². The molecule has 13 heteroatoms. The van der Waals surface area contributed by atoms with Crippen molar-refractivity contribution in [3.8, 4) is 0 Å². The highest BCUT2D eigenvalue weighted by molar-refractivity contribution is 7.94. The first-order valence-corrected chi connectivity index (χ1v) is 12.9. The van der Waals surface area contributed by atoms with Crippen molar-refractivity contribution >= 4 is 71.9 Å². The molecule has 31 heavy (non-hydrogen) atoms. The Morgan fingerprint density at radius 3 is 2.03 bits per heavy atom. The number of hydrogen-bond donors (Lipinski definition) is 3. The van der Waals surface area contributed by atoms with Gasteiger partial charge in [0.1, 0.15) is 4.21 Å².